The maximum absolute atomic E-state index is 11.3. The van der Waals surface area contributed by atoms with Crippen molar-refractivity contribution < 1.29 is 14.3 Å². The number of ether oxygens (including phenoxy) is 1. The molecule has 1 atom stereocenters. The molecule has 0 aromatic rings. The zero-order valence-corrected chi connectivity index (χ0v) is 10.1. The van der Waals surface area contributed by atoms with Crippen molar-refractivity contribution in [2.75, 3.05) is 0 Å². The molecule has 0 aromatic heterocycles. The van der Waals surface area contributed by atoms with Gasteiger partial charge in [-0.2, -0.15) is 0 Å². The number of carbonyl (C=O) groups is 2. The Balaban J connectivity index is 0. The molecule has 0 bridgehead atoms. The predicted octanol–water partition coefficient (Wildman–Crippen LogP) is 0.343. The zero-order chi connectivity index (χ0) is 11.4. The third kappa shape index (κ3) is 9.49. The van der Waals surface area contributed by atoms with Crippen molar-refractivity contribution >= 4 is 24.3 Å². The SMILES string of the molecule is CC(C)(C)OC(=O)[C@H](N)CCC(N)=O.Cl. The van der Waals surface area contributed by atoms with Gasteiger partial charge >= 0.3 is 5.97 Å². The molecular formula is C9H19ClN2O3. The molecule has 0 unspecified atom stereocenters. The molecule has 90 valence electrons. The first-order valence-corrected chi connectivity index (χ1v) is 4.49. The van der Waals surface area contributed by atoms with E-state index in [1.807, 2.05) is 0 Å². The van der Waals surface area contributed by atoms with Gasteiger partial charge < -0.3 is 16.2 Å². The van der Waals surface area contributed by atoms with Crippen LogP contribution < -0.4 is 11.5 Å². The van der Waals surface area contributed by atoms with E-state index in [9.17, 15) is 9.59 Å². The van der Waals surface area contributed by atoms with Crippen LogP contribution in [0.25, 0.3) is 0 Å². The number of esters is 1. The number of hydrogen-bond acceptors (Lipinski definition) is 4. The van der Waals surface area contributed by atoms with Crippen molar-refractivity contribution in [2.24, 2.45) is 11.5 Å². The van der Waals surface area contributed by atoms with E-state index in [4.69, 9.17) is 16.2 Å². The van der Waals surface area contributed by atoms with E-state index in [-0.39, 0.29) is 25.2 Å². The number of hydrogen-bond donors (Lipinski definition) is 2. The van der Waals surface area contributed by atoms with Crippen LogP contribution in [0.5, 0.6) is 0 Å². The van der Waals surface area contributed by atoms with Gasteiger partial charge in [0.25, 0.3) is 0 Å². The molecule has 0 aliphatic heterocycles. The second kappa shape index (κ2) is 6.63. The van der Waals surface area contributed by atoms with Gasteiger partial charge in [-0.05, 0) is 27.2 Å². The van der Waals surface area contributed by atoms with Crippen molar-refractivity contribution in [2.45, 2.75) is 45.3 Å². The molecule has 15 heavy (non-hydrogen) atoms. The molecule has 0 fully saturated rings. The van der Waals surface area contributed by atoms with Crippen LogP contribution in [0, 0.1) is 0 Å². The lowest BCUT2D eigenvalue weighted by Crippen LogP contribution is -2.38. The second-order valence-corrected chi connectivity index (χ2v) is 4.14. The van der Waals surface area contributed by atoms with Crippen molar-refractivity contribution in [3.05, 3.63) is 0 Å². The van der Waals surface area contributed by atoms with Crippen molar-refractivity contribution in [3.8, 4) is 0 Å². The fourth-order valence-corrected chi connectivity index (χ4v) is 0.793. The molecule has 0 spiro atoms. The molecule has 0 saturated heterocycles. The Morgan fingerprint density at radius 3 is 2.13 bits per heavy atom. The van der Waals surface area contributed by atoms with Crippen LogP contribution in [0.4, 0.5) is 0 Å². The number of carbonyl (C=O) groups excluding carboxylic acids is 2. The Labute approximate surface area is 95.9 Å². The third-order valence-corrected chi connectivity index (χ3v) is 1.41. The van der Waals surface area contributed by atoms with E-state index in [2.05, 4.69) is 0 Å². The molecule has 0 aromatic carbocycles. The highest BCUT2D eigenvalue weighted by atomic mass is 35.5. The molecule has 4 N–H and O–H groups in total. The average Bonchev–Trinajstić information content (AvgIpc) is 1.96. The highest BCUT2D eigenvalue weighted by Crippen LogP contribution is 2.09. The third-order valence-electron chi connectivity index (χ3n) is 1.41. The van der Waals surface area contributed by atoms with Gasteiger partial charge in [0.15, 0.2) is 0 Å². The van der Waals surface area contributed by atoms with Crippen LogP contribution in [0.1, 0.15) is 33.6 Å². The number of amides is 1. The largest absolute Gasteiger partial charge is 0.459 e. The summed E-state index contributed by atoms with van der Waals surface area (Å²) >= 11 is 0. The average molecular weight is 239 g/mol. The van der Waals surface area contributed by atoms with Crippen LogP contribution >= 0.6 is 12.4 Å². The molecule has 5 nitrogen and oxygen atoms in total. The first kappa shape index (κ1) is 16.6. The minimum atomic E-state index is -0.776. The van der Waals surface area contributed by atoms with Crippen molar-refractivity contribution in [3.63, 3.8) is 0 Å². The molecule has 0 aliphatic rings. The van der Waals surface area contributed by atoms with E-state index in [1.54, 1.807) is 20.8 Å². The van der Waals surface area contributed by atoms with Gasteiger partial charge in [-0.1, -0.05) is 0 Å². The lowest BCUT2D eigenvalue weighted by Gasteiger charge is -2.21. The van der Waals surface area contributed by atoms with Gasteiger partial charge in [0.2, 0.25) is 5.91 Å². The minimum Gasteiger partial charge on any atom is -0.459 e. The summed E-state index contributed by atoms with van der Waals surface area (Å²) in [5.41, 5.74) is 9.86. The summed E-state index contributed by atoms with van der Waals surface area (Å²) in [6.07, 6.45) is 0.324. The summed E-state index contributed by atoms with van der Waals surface area (Å²) in [5, 5.41) is 0. The van der Waals surface area contributed by atoms with E-state index in [0.717, 1.165) is 0 Å². The summed E-state index contributed by atoms with van der Waals surface area (Å²) in [4.78, 5) is 21.7. The summed E-state index contributed by atoms with van der Waals surface area (Å²) in [6, 6.07) is -0.776. The monoisotopic (exact) mass is 238 g/mol. The van der Waals surface area contributed by atoms with Crippen LogP contribution in [-0.2, 0) is 14.3 Å². The molecule has 0 rings (SSSR count). The van der Waals surface area contributed by atoms with Gasteiger partial charge in [-0.15, -0.1) is 12.4 Å². The highest BCUT2D eigenvalue weighted by Gasteiger charge is 2.22. The summed E-state index contributed by atoms with van der Waals surface area (Å²) < 4.78 is 5.02. The first-order chi connectivity index (χ1) is 6.22. The van der Waals surface area contributed by atoms with Crippen LogP contribution in [-0.4, -0.2) is 23.5 Å². The van der Waals surface area contributed by atoms with Gasteiger partial charge in [-0.3, -0.25) is 9.59 Å². The molecule has 0 radical (unpaired) electrons. The van der Waals surface area contributed by atoms with Crippen LogP contribution in [0.15, 0.2) is 0 Å². The first-order valence-electron chi connectivity index (χ1n) is 4.49. The van der Waals surface area contributed by atoms with Gasteiger partial charge in [-0.25, -0.2) is 0 Å². The minimum absolute atomic E-state index is 0. The van der Waals surface area contributed by atoms with E-state index in [1.165, 1.54) is 0 Å². The van der Waals surface area contributed by atoms with Crippen molar-refractivity contribution in [1.29, 1.82) is 0 Å². The Bertz CT molecular complexity index is 226. The lowest BCUT2D eigenvalue weighted by atomic mass is 10.1. The van der Waals surface area contributed by atoms with Gasteiger partial charge in [0.1, 0.15) is 11.6 Å². The summed E-state index contributed by atoms with van der Waals surface area (Å²) in [5.74, 6) is -0.970. The normalized spacial score (nSPS) is 12.5. The van der Waals surface area contributed by atoms with Crippen LogP contribution in [0.3, 0.4) is 0 Å². The Hall–Kier alpha value is -0.810. The van der Waals surface area contributed by atoms with Gasteiger partial charge in [0, 0.05) is 6.42 Å². The topological polar surface area (TPSA) is 95.4 Å². The molecule has 1 amide bonds. The smallest absolute Gasteiger partial charge is 0.323 e. The van der Waals surface area contributed by atoms with E-state index in [0.29, 0.717) is 0 Å². The number of primary amides is 1. The fraction of sp³-hybridized carbons (Fsp3) is 0.778. The lowest BCUT2D eigenvalue weighted by molar-refractivity contribution is -0.156. The van der Waals surface area contributed by atoms with Gasteiger partial charge in [0.05, 0.1) is 0 Å². The van der Waals surface area contributed by atoms with E-state index >= 15 is 0 Å². The Kier molecular flexibility index (Phi) is 7.35. The molecular weight excluding hydrogens is 220 g/mol. The number of halogens is 1. The second-order valence-electron chi connectivity index (χ2n) is 4.14. The molecule has 0 saturated carbocycles. The number of rotatable bonds is 4. The Morgan fingerprint density at radius 2 is 1.80 bits per heavy atom. The zero-order valence-electron chi connectivity index (χ0n) is 9.28. The Morgan fingerprint density at radius 1 is 1.33 bits per heavy atom. The predicted molar refractivity (Wildman–Crippen MR) is 59.5 cm³/mol. The highest BCUT2D eigenvalue weighted by molar-refractivity contribution is 5.85. The summed E-state index contributed by atoms with van der Waals surface area (Å²) in [7, 11) is 0. The van der Waals surface area contributed by atoms with Crippen molar-refractivity contribution in [1.82, 2.24) is 0 Å². The quantitative estimate of drug-likeness (QED) is 0.691. The maximum Gasteiger partial charge on any atom is 0.323 e. The maximum atomic E-state index is 11.3. The standard InChI is InChI=1S/C9H18N2O3.ClH/c1-9(2,3)14-8(13)6(10)4-5-7(11)12;/h6H,4-5,10H2,1-3H3,(H2,11,12);1H/t6-;/m1./s1. The van der Waals surface area contributed by atoms with Crippen LogP contribution in [0.2, 0.25) is 0 Å². The summed E-state index contributed by atoms with van der Waals surface area (Å²) in [6.45, 7) is 5.27. The molecule has 0 aliphatic carbocycles. The molecule has 6 heteroatoms. The number of nitrogens with two attached hydrogens (primary N) is 2. The fourth-order valence-electron chi connectivity index (χ4n) is 0.793. The van der Waals surface area contributed by atoms with E-state index < -0.39 is 23.5 Å². The molecule has 0 heterocycles.